The first kappa shape index (κ1) is 12.4. The van der Waals surface area contributed by atoms with Gasteiger partial charge < -0.3 is 0 Å². The first-order valence-corrected chi connectivity index (χ1v) is 10.0. The standard InChI is InChI=1S/C18H20Si/c1-13-12-17-15(14-8-5-4-6-9-14)10-7-11-16(17)18(13)19(2)3/h4-12,18-19H,1-3H3. The number of rotatable bonds is 2. The van der Waals surface area contributed by atoms with Crippen LogP contribution < -0.4 is 0 Å². The van der Waals surface area contributed by atoms with Gasteiger partial charge in [-0.15, -0.1) is 0 Å². The fourth-order valence-electron chi connectivity index (χ4n) is 3.33. The van der Waals surface area contributed by atoms with E-state index < -0.39 is 8.80 Å². The predicted molar refractivity (Wildman–Crippen MR) is 87.1 cm³/mol. The molecular formula is C18H20Si. The van der Waals surface area contributed by atoms with Gasteiger partial charge in [-0.2, -0.15) is 0 Å². The topological polar surface area (TPSA) is 0 Å². The summed E-state index contributed by atoms with van der Waals surface area (Å²) in [6, 6.07) is 17.5. The summed E-state index contributed by atoms with van der Waals surface area (Å²) in [5, 5.41) is 0. The Bertz CT molecular complexity index is 623. The molecule has 1 unspecified atom stereocenters. The summed E-state index contributed by atoms with van der Waals surface area (Å²) >= 11 is 0. The molecule has 2 aromatic carbocycles. The van der Waals surface area contributed by atoms with Crippen LogP contribution >= 0.6 is 0 Å². The maximum Gasteiger partial charge on any atom is 0.0439 e. The quantitative estimate of drug-likeness (QED) is 0.678. The normalized spacial score (nSPS) is 17.5. The molecule has 0 radical (unpaired) electrons. The maximum absolute atomic E-state index is 2.45. The molecule has 0 heterocycles. The van der Waals surface area contributed by atoms with Gasteiger partial charge in [-0.05, 0) is 34.7 Å². The summed E-state index contributed by atoms with van der Waals surface area (Å²) in [7, 11) is -0.701. The van der Waals surface area contributed by atoms with Gasteiger partial charge in [0.25, 0.3) is 0 Å². The predicted octanol–water partition coefficient (Wildman–Crippen LogP) is 4.88. The van der Waals surface area contributed by atoms with E-state index in [1.54, 1.807) is 11.1 Å². The van der Waals surface area contributed by atoms with E-state index in [0.717, 1.165) is 5.54 Å². The number of fused-ring (bicyclic) bond motifs is 1. The zero-order chi connectivity index (χ0) is 13.4. The summed E-state index contributed by atoms with van der Waals surface area (Å²) in [5.41, 5.74) is 8.00. The minimum absolute atomic E-state index is 0.701. The molecule has 0 N–H and O–H groups in total. The Morgan fingerprint density at radius 1 is 0.895 bits per heavy atom. The van der Waals surface area contributed by atoms with Crippen molar-refractivity contribution in [2.45, 2.75) is 25.6 Å². The largest absolute Gasteiger partial charge is 0.0714 e. The molecule has 1 aliphatic carbocycles. The molecule has 96 valence electrons. The molecule has 0 amide bonds. The van der Waals surface area contributed by atoms with Gasteiger partial charge in [-0.1, -0.05) is 73.3 Å². The first-order chi connectivity index (χ1) is 9.18. The Morgan fingerprint density at radius 2 is 1.63 bits per heavy atom. The fourth-order valence-corrected chi connectivity index (χ4v) is 5.49. The molecule has 0 saturated heterocycles. The van der Waals surface area contributed by atoms with Crippen molar-refractivity contribution >= 4 is 14.9 Å². The van der Waals surface area contributed by atoms with Crippen molar-refractivity contribution in [1.29, 1.82) is 0 Å². The Kier molecular flexibility index (Phi) is 3.15. The van der Waals surface area contributed by atoms with Crippen LogP contribution in [0.1, 0.15) is 23.6 Å². The van der Waals surface area contributed by atoms with Crippen molar-refractivity contribution in [3.05, 3.63) is 65.2 Å². The summed E-state index contributed by atoms with van der Waals surface area (Å²) < 4.78 is 0. The second-order valence-corrected chi connectivity index (χ2v) is 8.94. The second kappa shape index (κ2) is 4.82. The second-order valence-electron chi connectivity index (χ2n) is 5.78. The highest BCUT2D eigenvalue weighted by Gasteiger charge is 2.27. The van der Waals surface area contributed by atoms with E-state index in [9.17, 15) is 0 Å². The number of hydrogen-bond acceptors (Lipinski definition) is 0. The fraction of sp³-hybridized carbons (Fsp3) is 0.222. The van der Waals surface area contributed by atoms with Gasteiger partial charge in [0.1, 0.15) is 0 Å². The third-order valence-electron chi connectivity index (χ3n) is 4.09. The molecule has 2 aromatic rings. The molecule has 0 aliphatic heterocycles. The molecule has 1 aliphatic rings. The van der Waals surface area contributed by atoms with Crippen LogP contribution in [-0.4, -0.2) is 8.80 Å². The van der Waals surface area contributed by atoms with Crippen LogP contribution in [0.3, 0.4) is 0 Å². The van der Waals surface area contributed by atoms with E-state index >= 15 is 0 Å². The Labute approximate surface area is 117 Å². The van der Waals surface area contributed by atoms with Crippen molar-refractivity contribution in [1.82, 2.24) is 0 Å². The molecule has 19 heavy (non-hydrogen) atoms. The monoisotopic (exact) mass is 264 g/mol. The zero-order valence-corrected chi connectivity index (χ0v) is 13.0. The number of benzene rings is 2. The van der Waals surface area contributed by atoms with Gasteiger partial charge in [-0.3, -0.25) is 0 Å². The lowest BCUT2D eigenvalue weighted by Gasteiger charge is -2.18. The van der Waals surface area contributed by atoms with Crippen molar-refractivity contribution in [2.24, 2.45) is 0 Å². The molecule has 0 aromatic heterocycles. The van der Waals surface area contributed by atoms with Crippen molar-refractivity contribution in [3.63, 3.8) is 0 Å². The summed E-state index contributed by atoms with van der Waals surface area (Å²) in [5.74, 6) is 0. The Hall–Kier alpha value is -1.60. The van der Waals surface area contributed by atoms with Gasteiger partial charge in [0, 0.05) is 8.80 Å². The summed E-state index contributed by atoms with van der Waals surface area (Å²) in [6.45, 7) is 7.20. The van der Waals surface area contributed by atoms with Crippen LogP contribution in [0.2, 0.25) is 13.1 Å². The lowest BCUT2D eigenvalue weighted by molar-refractivity contribution is 1.10. The number of allylic oxidation sites excluding steroid dienone is 1. The first-order valence-electron chi connectivity index (χ1n) is 7.05. The molecular weight excluding hydrogens is 244 g/mol. The van der Waals surface area contributed by atoms with Gasteiger partial charge in [-0.25, -0.2) is 0 Å². The van der Waals surface area contributed by atoms with E-state index in [-0.39, 0.29) is 0 Å². The van der Waals surface area contributed by atoms with Crippen LogP contribution in [-0.2, 0) is 0 Å². The maximum atomic E-state index is 2.45. The lowest BCUT2D eigenvalue weighted by Crippen LogP contribution is -2.15. The van der Waals surface area contributed by atoms with E-state index in [2.05, 4.69) is 74.6 Å². The highest BCUT2D eigenvalue weighted by atomic mass is 28.3. The van der Waals surface area contributed by atoms with Crippen LogP contribution in [0.5, 0.6) is 0 Å². The van der Waals surface area contributed by atoms with Gasteiger partial charge in [0.05, 0.1) is 0 Å². The van der Waals surface area contributed by atoms with Crippen molar-refractivity contribution in [3.8, 4) is 11.1 Å². The molecule has 1 atom stereocenters. The van der Waals surface area contributed by atoms with Crippen LogP contribution in [0.15, 0.2) is 54.1 Å². The highest BCUT2D eigenvalue weighted by molar-refractivity contribution is 6.58. The van der Waals surface area contributed by atoms with Crippen molar-refractivity contribution < 1.29 is 0 Å². The van der Waals surface area contributed by atoms with Crippen LogP contribution in [0.25, 0.3) is 17.2 Å². The van der Waals surface area contributed by atoms with E-state index in [1.165, 1.54) is 16.7 Å². The lowest BCUT2D eigenvalue weighted by atomic mass is 9.97. The molecule has 0 fully saturated rings. The summed E-state index contributed by atoms with van der Waals surface area (Å²) in [4.78, 5) is 0. The van der Waals surface area contributed by atoms with Gasteiger partial charge in [0.2, 0.25) is 0 Å². The molecule has 0 spiro atoms. The Balaban J connectivity index is 2.17. The molecule has 3 rings (SSSR count). The summed E-state index contributed by atoms with van der Waals surface area (Å²) in [6.07, 6.45) is 2.41. The van der Waals surface area contributed by atoms with Gasteiger partial charge in [0.15, 0.2) is 0 Å². The Morgan fingerprint density at radius 3 is 2.32 bits per heavy atom. The molecule has 0 saturated carbocycles. The van der Waals surface area contributed by atoms with E-state index in [0.29, 0.717) is 0 Å². The SMILES string of the molecule is CC1=Cc2c(-c3ccccc3)cccc2C1[SiH](C)C. The molecule has 0 nitrogen and oxygen atoms in total. The smallest absolute Gasteiger partial charge is 0.0439 e. The van der Waals surface area contributed by atoms with E-state index in [1.807, 2.05) is 0 Å². The third-order valence-corrected chi connectivity index (χ3v) is 6.31. The van der Waals surface area contributed by atoms with Gasteiger partial charge >= 0.3 is 0 Å². The highest BCUT2D eigenvalue weighted by Crippen LogP contribution is 2.41. The average molecular weight is 264 g/mol. The number of hydrogen-bond donors (Lipinski definition) is 0. The molecule has 1 heteroatoms. The molecule has 0 bridgehead atoms. The van der Waals surface area contributed by atoms with Crippen LogP contribution in [0.4, 0.5) is 0 Å². The average Bonchev–Trinajstić information content (AvgIpc) is 2.75. The minimum Gasteiger partial charge on any atom is -0.0714 e. The zero-order valence-electron chi connectivity index (χ0n) is 11.9. The minimum atomic E-state index is -0.701. The van der Waals surface area contributed by atoms with Crippen molar-refractivity contribution in [2.75, 3.05) is 0 Å². The van der Waals surface area contributed by atoms with E-state index in [4.69, 9.17) is 0 Å². The van der Waals surface area contributed by atoms with Crippen LogP contribution in [0, 0.1) is 0 Å². The third kappa shape index (κ3) is 2.08.